The number of rotatable bonds is 3. The van der Waals surface area contributed by atoms with Crippen LogP contribution in [0.1, 0.15) is 26.7 Å². The van der Waals surface area contributed by atoms with Gasteiger partial charge in [0.25, 0.3) is 0 Å². The predicted octanol–water partition coefficient (Wildman–Crippen LogP) is 2.64. The molecule has 1 N–H and O–H groups in total. The number of hydrogen-bond acceptors (Lipinski definition) is 1. The van der Waals surface area contributed by atoms with Crippen molar-refractivity contribution >= 4 is 8.07 Å². The number of hydrogen-bond donors (Lipinski definition) is 1. The molecular formula is C10H23NSi. The van der Waals surface area contributed by atoms with Gasteiger partial charge in [-0.2, -0.15) is 0 Å². The van der Waals surface area contributed by atoms with E-state index in [1.54, 1.807) is 0 Å². The molecule has 0 bridgehead atoms. The summed E-state index contributed by atoms with van der Waals surface area (Å²) >= 11 is 0. The highest BCUT2D eigenvalue weighted by Crippen LogP contribution is 2.39. The first-order valence-electron chi connectivity index (χ1n) is 5.02. The van der Waals surface area contributed by atoms with E-state index in [0.29, 0.717) is 5.41 Å². The second-order valence-corrected chi connectivity index (χ2v) is 11.7. The van der Waals surface area contributed by atoms with Gasteiger partial charge in [-0.25, -0.2) is 0 Å². The largest absolute Gasteiger partial charge is 0.317 e. The first kappa shape index (κ1) is 10.3. The van der Waals surface area contributed by atoms with E-state index in [2.05, 4.69) is 38.8 Å². The lowest BCUT2D eigenvalue weighted by Gasteiger charge is -2.44. The molecule has 1 fully saturated rings. The fourth-order valence-corrected chi connectivity index (χ4v) is 2.77. The van der Waals surface area contributed by atoms with Crippen molar-refractivity contribution in [2.24, 2.45) is 5.41 Å². The number of nitrogens with one attached hydrogen (secondary N) is 1. The molecule has 1 aliphatic rings. The van der Waals surface area contributed by atoms with Crippen LogP contribution in [0, 0.1) is 5.41 Å². The Balaban J connectivity index is 2.12. The van der Waals surface area contributed by atoms with Gasteiger partial charge < -0.3 is 5.32 Å². The van der Waals surface area contributed by atoms with Gasteiger partial charge in [0, 0.05) is 6.04 Å². The van der Waals surface area contributed by atoms with Crippen LogP contribution in [0.2, 0.25) is 19.6 Å². The molecule has 1 aliphatic carbocycles. The van der Waals surface area contributed by atoms with Crippen LogP contribution in [-0.4, -0.2) is 20.3 Å². The molecule has 0 aliphatic heterocycles. The molecule has 0 aromatic carbocycles. The first-order valence-corrected chi connectivity index (χ1v) is 8.73. The Morgan fingerprint density at radius 3 is 2.08 bits per heavy atom. The van der Waals surface area contributed by atoms with E-state index < -0.39 is 8.07 Å². The summed E-state index contributed by atoms with van der Waals surface area (Å²) in [6, 6.07) is 0.826. The second kappa shape index (κ2) is 3.15. The fraction of sp³-hybridized carbons (Fsp3) is 1.00. The average Bonchev–Trinajstić information content (AvgIpc) is 1.76. The molecule has 0 aromatic rings. The molecule has 0 aromatic heterocycles. The van der Waals surface area contributed by atoms with Gasteiger partial charge in [-0.05, 0) is 24.4 Å². The van der Waals surface area contributed by atoms with E-state index in [-0.39, 0.29) is 0 Å². The van der Waals surface area contributed by atoms with Crippen LogP contribution in [0.15, 0.2) is 0 Å². The van der Waals surface area contributed by atoms with Crippen molar-refractivity contribution in [1.29, 1.82) is 0 Å². The molecule has 0 atom stereocenters. The average molecular weight is 185 g/mol. The molecule has 72 valence electrons. The van der Waals surface area contributed by atoms with Crippen LogP contribution in [-0.2, 0) is 0 Å². The van der Waals surface area contributed by atoms with E-state index in [0.717, 1.165) is 6.04 Å². The lowest BCUT2D eigenvalue weighted by atomic mass is 9.68. The minimum absolute atomic E-state index is 0.622. The maximum absolute atomic E-state index is 3.68. The zero-order valence-corrected chi connectivity index (χ0v) is 10.2. The van der Waals surface area contributed by atoms with Crippen molar-refractivity contribution in [3.05, 3.63) is 0 Å². The summed E-state index contributed by atoms with van der Waals surface area (Å²) in [5, 5.41) is 3.68. The van der Waals surface area contributed by atoms with E-state index in [1.807, 2.05) is 0 Å². The Labute approximate surface area is 77.9 Å². The van der Waals surface area contributed by atoms with Gasteiger partial charge in [0.05, 0.1) is 8.07 Å². The molecule has 1 saturated carbocycles. The zero-order chi connectivity index (χ0) is 9.41. The van der Waals surface area contributed by atoms with Crippen molar-refractivity contribution < 1.29 is 0 Å². The molecule has 1 nitrogen and oxygen atoms in total. The minimum atomic E-state index is -0.860. The van der Waals surface area contributed by atoms with Gasteiger partial charge in [-0.15, -0.1) is 0 Å². The Bertz CT molecular complexity index is 150. The van der Waals surface area contributed by atoms with Crippen molar-refractivity contribution in [3.8, 4) is 0 Å². The summed E-state index contributed by atoms with van der Waals surface area (Å²) in [5.41, 5.74) is 0.622. The fourth-order valence-electron chi connectivity index (χ4n) is 1.87. The Hall–Kier alpha value is 0.177. The van der Waals surface area contributed by atoms with Crippen LogP contribution in [0.3, 0.4) is 0 Å². The van der Waals surface area contributed by atoms with Gasteiger partial charge >= 0.3 is 0 Å². The van der Waals surface area contributed by atoms with E-state index in [1.165, 1.54) is 19.0 Å². The minimum Gasteiger partial charge on any atom is -0.317 e. The summed E-state index contributed by atoms with van der Waals surface area (Å²) in [7, 11) is -0.860. The monoisotopic (exact) mass is 185 g/mol. The third-order valence-electron chi connectivity index (χ3n) is 2.52. The highest BCUT2D eigenvalue weighted by molar-refractivity contribution is 6.76. The molecule has 12 heavy (non-hydrogen) atoms. The molecule has 0 unspecified atom stereocenters. The summed E-state index contributed by atoms with van der Waals surface area (Å²) in [4.78, 5) is 0. The predicted molar refractivity (Wildman–Crippen MR) is 58.2 cm³/mol. The van der Waals surface area contributed by atoms with Gasteiger partial charge in [-0.1, -0.05) is 33.5 Å². The smallest absolute Gasteiger partial charge is 0.0596 e. The Kier molecular flexibility index (Phi) is 2.69. The van der Waals surface area contributed by atoms with E-state index in [4.69, 9.17) is 0 Å². The Morgan fingerprint density at radius 1 is 1.25 bits per heavy atom. The third kappa shape index (κ3) is 3.28. The maximum atomic E-state index is 3.68. The van der Waals surface area contributed by atoms with Crippen LogP contribution < -0.4 is 5.32 Å². The highest BCUT2D eigenvalue weighted by Gasteiger charge is 2.35. The summed E-state index contributed by atoms with van der Waals surface area (Å²) in [5.74, 6) is 0. The van der Waals surface area contributed by atoms with Gasteiger partial charge in [-0.3, -0.25) is 0 Å². The van der Waals surface area contributed by atoms with E-state index in [9.17, 15) is 0 Å². The van der Waals surface area contributed by atoms with Crippen LogP contribution in [0.5, 0.6) is 0 Å². The van der Waals surface area contributed by atoms with Crippen molar-refractivity contribution in [1.82, 2.24) is 5.32 Å². The van der Waals surface area contributed by atoms with Crippen LogP contribution in [0.4, 0.5) is 0 Å². The third-order valence-corrected chi connectivity index (χ3v) is 3.78. The van der Waals surface area contributed by atoms with Crippen molar-refractivity contribution in [2.75, 3.05) is 6.17 Å². The van der Waals surface area contributed by atoms with Gasteiger partial charge in [0.15, 0.2) is 0 Å². The maximum Gasteiger partial charge on any atom is 0.0596 e. The normalized spacial score (nSPS) is 23.8. The standard InChI is InChI=1S/C10H23NSi/c1-10(2)6-9(7-10)11-8-12(3,4)5/h9,11H,6-8H2,1-5H3. The zero-order valence-electron chi connectivity index (χ0n) is 9.20. The van der Waals surface area contributed by atoms with Gasteiger partial charge in [0.2, 0.25) is 0 Å². The molecule has 0 saturated heterocycles. The van der Waals surface area contributed by atoms with Crippen molar-refractivity contribution in [3.63, 3.8) is 0 Å². The lowest BCUT2D eigenvalue weighted by Crippen LogP contribution is -2.50. The Morgan fingerprint density at radius 2 is 1.75 bits per heavy atom. The molecule has 2 heteroatoms. The second-order valence-electron chi connectivity index (χ2n) is 6.21. The topological polar surface area (TPSA) is 12.0 Å². The molecular weight excluding hydrogens is 162 g/mol. The van der Waals surface area contributed by atoms with E-state index >= 15 is 0 Å². The molecule has 0 spiro atoms. The SMILES string of the molecule is CC1(C)CC(NC[Si](C)(C)C)C1. The summed E-state index contributed by atoms with van der Waals surface area (Å²) in [6.45, 7) is 12.0. The van der Waals surface area contributed by atoms with Crippen LogP contribution >= 0.6 is 0 Å². The molecule has 0 radical (unpaired) electrons. The molecule has 0 heterocycles. The quantitative estimate of drug-likeness (QED) is 0.667. The highest BCUT2D eigenvalue weighted by atomic mass is 28.3. The van der Waals surface area contributed by atoms with Crippen LogP contribution in [0.25, 0.3) is 0 Å². The first-order chi connectivity index (χ1) is 5.29. The van der Waals surface area contributed by atoms with Crippen molar-refractivity contribution in [2.45, 2.75) is 52.4 Å². The summed E-state index contributed by atoms with van der Waals surface area (Å²) in [6.07, 6.45) is 4.03. The summed E-state index contributed by atoms with van der Waals surface area (Å²) < 4.78 is 0. The molecule has 1 rings (SSSR count). The molecule has 0 amide bonds. The van der Waals surface area contributed by atoms with Gasteiger partial charge in [0.1, 0.15) is 0 Å². The lowest BCUT2D eigenvalue weighted by molar-refractivity contribution is 0.130.